The number of rotatable bonds is 3. The van der Waals surface area contributed by atoms with Crippen molar-refractivity contribution < 1.29 is 0 Å². The van der Waals surface area contributed by atoms with Gasteiger partial charge in [0.15, 0.2) is 0 Å². The van der Waals surface area contributed by atoms with Crippen LogP contribution < -0.4 is 5.56 Å². The molecule has 0 saturated heterocycles. The standard InChI is InChI=1S/C19H21N3OS/c1-13(10-14-6-5-9-20-11-14)22-12-21-18-17(19(22)23)15-7-3-2-4-8-16(15)24-18/h5-6,9,11-13H,2-4,7-8,10H2,1H3/t13-/m0/s1. The third kappa shape index (κ3) is 2.77. The molecule has 0 unspecified atom stereocenters. The number of fused-ring (bicyclic) bond motifs is 3. The molecule has 0 fully saturated rings. The van der Waals surface area contributed by atoms with E-state index in [0.29, 0.717) is 0 Å². The summed E-state index contributed by atoms with van der Waals surface area (Å²) < 4.78 is 1.80. The van der Waals surface area contributed by atoms with Crippen molar-refractivity contribution in [3.63, 3.8) is 0 Å². The van der Waals surface area contributed by atoms with Crippen molar-refractivity contribution >= 4 is 21.6 Å². The molecule has 0 spiro atoms. The number of thiophene rings is 1. The fraction of sp³-hybridized carbons (Fsp3) is 0.421. The molecule has 3 heterocycles. The molecular weight excluding hydrogens is 318 g/mol. The fourth-order valence-corrected chi connectivity index (χ4v) is 4.83. The lowest BCUT2D eigenvalue weighted by Gasteiger charge is -2.14. The second-order valence-electron chi connectivity index (χ2n) is 6.62. The predicted molar refractivity (Wildman–Crippen MR) is 97.8 cm³/mol. The summed E-state index contributed by atoms with van der Waals surface area (Å²) in [5.74, 6) is 0. The van der Waals surface area contributed by atoms with Gasteiger partial charge in [0, 0.05) is 23.3 Å². The van der Waals surface area contributed by atoms with Crippen LogP contribution in [0.15, 0.2) is 35.6 Å². The molecule has 124 valence electrons. The number of aromatic nitrogens is 3. The predicted octanol–water partition coefficient (Wildman–Crippen LogP) is 3.93. The van der Waals surface area contributed by atoms with E-state index in [9.17, 15) is 4.79 Å². The highest BCUT2D eigenvalue weighted by atomic mass is 32.1. The first-order valence-electron chi connectivity index (χ1n) is 8.64. The third-order valence-electron chi connectivity index (χ3n) is 4.88. The molecule has 4 rings (SSSR count). The molecule has 3 aromatic heterocycles. The van der Waals surface area contributed by atoms with E-state index >= 15 is 0 Å². The highest BCUT2D eigenvalue weighted by Crippen LogP contribution is 2.32. The Bertz CT molecular complexity index is 914. The lowest BCUT2D eigenvalue weighted by Crippen LogP contribution is -2.25. The van der Waals surface area contributed by atoms with Crippen LogP contribution in [0.3, 0.4) is 0 Å². The van der Waals surface area contributed by atoms with Crippen molar-refractivity contribution in [2.45, 2.75) is 51.5 Å². The molecule has 3 aromatic rings. The van der Waals surface area contributed by atoms with Crippen molar-refractivity contribution in [2.75, 3.05) is 0 Å². The highest BCUT2D eigenvalue weighted by molar-refractivity contribution is 7.18. The van der Waals surface area contributed by atoms with Crippen LogP contribution in [0.1, 0.15) is 48.2 Å². The Balaban J connectivity index is 1.75. The Kier molecular flexibility index (Phi) is 4.19. The maximum atomic E-state index is 13.1. The van der Waals surface area contributed by atoms with Gasteiger partial charge >= 0.3 is 0 Å². The number of hydrogen-bond acceptors (Lipinski definition) is 4. The van der Waals surface area contributed by atoms with Crippen LogP contribution >= 0.6 is 11.3 Å². The zero-order valence-electron chi connectivity index (χ0n) is 13.9. The van der Waals surface area contributed by atoms with Crippen molar-refractivity contribution in [1.82, 2.24) is 14.5 Å². The Labute approximate surface area is 145 Å². The zero-order chi connectivity index (χ0) is 16.5. The van der Waals surface area contributed by atoms with Gasteiger partial charge in [-0.15, -0.1) is 11.3 Å². The molecule has 0 amide bonds. The molecule has 0 aliphatic heterocycles. The van der Waals surface area contributed by atoms with Gasteiger partial charge in [-0.2, -0.15) is 0 Å². The molecule has 5 heteroatoms. The molecule has 4 nitrogen and oxygen atoms in total. The maximum absolute atomic E-state index is 13.1. The minimum Gasteiger partial charge on any atom is -0.295 e. The van der Waals surface area contributed by atoms with Gasteiger partial charge in [-0.3, -0.25) is 14.3 Å². The molecule has 0 saturated carbocycles. The van der Waals surface area contributed by atoms with E-state index in [1.165, 1.54) is 29.7 Å². The highest BCUT2D eigenvalue weighted by Gasteiger charge is 2.20. The molecule has 0 radical (unpaired) electrons. The summed E-state index contributed by atoms with van der Waals surface area (Å²) in [5.41, 5.74) is 2.53. The zero-order valence-corrected chi connectivity index (χ0v) is 14.7. The number of nitrogens with zero attached hydrogens (tertiary/aromatic N) is 3. The summed E-state index contributed by atoms with van der Waals surface area (Å²) in [7, 11) is 0. The molecule has 24 heavy (non-hydrogen) atoms. The van der Waals surface area contributed by atoms with E-state index < -0.39 is 0 Å². The lowest BCUT2D eigenvalue weighted by atomic mass is 10.1. The summed E-state index contributed by atoms with van der Waals surface area (Å²) in [6, 6.07) is 4.06. The van der Waals surface area contributed by atoms with Crippen LogP contribution in [0.5, 0.6) is 0 Å². The van der Waals surface area contributed by atoms with Gasteiger partial charge in [-0.25, -0.2) is 4.98 Å². The molecular formula is C19H21N3OS. The van der Waals surface area contributed by atoms with Crippen LogP contribution in [0, 0.1) is 0 Å². The lowest BCUT2D eigenvalue weighted by molar-refractivity contribution is 0.522. The van der Waals surface area contributed by atoms with E-state index in [0.717, 1.165) is 35.0 Å². The van der Waals surface area contributed by atoms with E-state index in [1.807, 2.05) is 12.3 Å². The normalized spacial score (nSPS) is 15.9. The van der Waals surface area contributed by atoms with E-state index in [4.69, 9.17) is 0 Å². The third-order valence-corrected chi connectivity index (χ3v) is 6.08. The summed E-state index contributed by atoms with van der Waals surface area (Å²) in [6.45, 7) is 2.08. The van der Waals surface area contributed by atoms with Crippen molar-refractivity contribution in [2.24, 2.45) is 0 Å². The van der Waals surface area contributed by atoms with Gasteiger partial charge in [0.1, 0.15) is 4.83 Å². The van der Waals surface area contributed by atoms with Gasteiger partial charge < -0.3 is 0 Å². The van der Waals surface area contributed by atoms with E-state index in [2.05, 4.69) is 23.0 Å². The van der Waals surface area contributed by atoms with Gasteiger partial charge in [0.05, 0.1) is 11.7 Å². The second kappa shape index (κ2) is 6.48. The average Bonchev–Trinajstić information content (AvgIpc) is 2.79. The summed E-state index contributed by atoms with van der Waals surface area (Å²) in [4.78, 5) is 24.2. The van der Waals surface area contributed by atoms with Crippen LogP contribution in [-0.4, -0.2) is 14.5 Å². The smallest absolute Gasteiger partial charge is 0.262 e. The molecule has 0 aromatic carbocycles. The van der Waals surface area contributed by atoms with Gasteiger partial charge in [-0.05, 0) is 56.2 Å². The fourth-order valence-electron chi connectivity index (χ4n) is 3.61. The summed E-state index contributed by atoms with van der Waals surface area (Å²) >= 11 is 1.72. The first kappa shape index (κ1) is 15.5. The van der Waals surface area contributed by atoms with Gasteiger partial charge in [-0.1, -0.05) is 12.5 Å². The Morgan fingerprint density at radius 3 is 3.00 bits per heavy atom. The quantitative estimate of drug-likeness (QED) is 0.679. The Hall–Kier alpha value is -2.01. The molecule has 0 N–H and O–H groups in total. The van der Waals surface area contributed by atoms with Crippen LogP contribution in [0.25, 0.3) is 10.2 Å². The van der Waals surface area contributed by atoms with Crippen LogP contribution in [0.4, 0.5) is 0 Å². The van der Waals surface area contributed by atoms with Gasteiger partial charge in [0.2, 0.25) is 0 Å². The first-order chi connectivity index (χ1) is 11.7. The summed E-state index contributed by atoms with van der Waals surface area (Å²) in [6.07, 6.45) is 11.9. The SMILES string of the molecule is C[C@@H](Cc1cccnc1)n1cnc2sc3c(c2c1=O)CCCCC3. The molecule has 0 bridgehead atoms. The minimum absolute atomic E-state index is 0.0694. The topological polar surface area (TPSA) is 47.8 Å². The molecule has 1 atom stereocenters. The van der Waals surface area contributed by atoms with Crippen LogP contribution in [0.2, 0.25) is 0 Å². The largest absolute Gasteiger partial charge is 0.295 e. The van der Waals surface area contributed by atoms with Crippen molar-refractivity contribution in [1.29, 1.82) is 0 Å². The number of pyridine rings is 1. The summed E-state index contributed by atoms with van der Waals surface area (Å²) in [5, 5.41) is 0.873. The van der Waals surface area contributed by atoms with Crippen molar-refractivity contribution in [3.8, 4) is 0 Å². The van der Waals surface area contributed by atoms with Gasteiger partial charge in [0.25, 0.3) is 5.56 Å². The monoisotopic (exact) mass is 339 g/mol. The number of aryl methyl sites for hydroxylation is 2. The average molecular weight is 339 g/mol. The molecule has 1 aliphatic carbocycles. The van der Waals surface area contributed by atoms with E-state index in [-0.39, 0.29) is 11.6 Å². The first-order valence-corrected chi connectivity index (χ1v) is 9.46. The molecule has 1 aliphatic rings. The Morgan fingerprint density at radius 2 is 2.17 bits per heavy atom. The van der Waals surface area contributed by atoms with Crippen molar-refractivity contribution in [3.05, 3.63) is 57.2 Å². The minimum atomic E-state index is 0.0694. The van der Waals surface area contributed by atoms with Crippen LogP contribution in [-0.2, 0) is 19.3 Å². The maximum Gasteiger partial charge on any atom is 0.262 e. The Morgan fingerprint density at radius 1 is 1.29 bits per heavy atom. The number of hydrogen-bond donors (Lipinski definition) is 0. The van der Waals surface area contributed by atoms with E-state index in [1.54, 1.807) is 28.4 Å². The second-order valence-corrected chi connectivity index (χ2v) is 7.70.